The summed E-state index contributed by atoms with van der Waals surface area (Å²) >= 11 is 0. The average molecular weight is 332 g/mol. The van der Waals surface area contributed by atoms with Crippen LogP contribution in [0.4, 0.5) is 10.5 Å². The fourth-order valence-electron chi connectivity index (χ4n) is 2.94. The van der Waals surface area contributed by atoms with Gasteiger partial charge in [0.25, 0.3) is 0 Å². The molecule has 0 spiro atoms. The van der Waals surface area contributed by atoms with Crippen molar-refractivity contribution in [2.24, 2.45) is 7.05 Å². The number of aromatic nitrogens is 4. The molecule has 24 heavy (non-hydrogen) atoms. The van der Waals surface area contributed by atoms with Gasteiger partial charge in [0.05, 0.1) is 30.1 Å². The summed E-state index contributed by atoms with van der Waals surface area (Å²) in [5.74, 6) is 0. The SMILES string of the molecule is CCCn1cc(NC(=O)N[C@H]2CCO[C@@H](c3cncn3C)C2)cn1. The van der Waals surface area contributed by atoms with E-state index in [1.54, 1.807) is 12.5 Å². The predicted molar refractivity (Wildman–Crippen MR) is 89.6 cm³/mol. The topological polar surface area (TPSA) is 86.0 Å². The molecule has 1 saturated heterocycles. The minimum atomic E-state index is -0.207. The highest BCUT2D eigenvalue weighted by atomic mass is 16.5. The van der Waals surface area contributed by atoms with E-state index in [1.165, 1.54) is 0 Å². The molecule has 3 heterocycles. The first-order valence-corrected chi connectivity index (χ1v) is 8.33. The average Bonchev–Trinajstić information content (AvgIpc) is 3.17. The Hall–Kier alpha value is -2.35. The van der Waals surface area contributed by atoms with E-state index in [0.717, 1.165) is 31.5 Å². The van der Waals surface area contributed by atoms with Crippen molar-refractivity contribution < 1.29 is 9.53 Å². The third-order valence-electron chi connectivity index (χ3n) is 4.15. The molecule has 1 aliphatic heterocycles. The summed E-state index contributed by atoms with van der Waals surface area (Å²) in [7, 11) is 1.95. The van der Waals surface area contributed by atoms with E-state index in [2.05, 4.69) is 27.6 Å². The van der Waals surface area contributed by atoms with Gasteiger partial charge in [-0.2, -0.15) is 5.10 Å². The van der Waals surface area contributed by atoms with E-state index in [4.69, 9.17) is 4.74 Å². The van der Waals surface area contributed by atoms with Gasteiger partial charge in [-0.1, -0.05) is 6.92 Å². The van der Waals surface area contributed by atoms with Crippen LogP contribution in [0.3, 0.4) is 0 Å². The van der Waals surface area contributed by atoms with Crippen molar-refractivity contribution >= 4 is 11.7 Å². The van der Waals surface area contributed by atoms with Crippen LogP contribution in [0.1, 0.15) is 38.0 Å². The highest BCUT2D eigenvalue weighted by molar-refractivity contribution is 5.89. The Bertz CT molecular complexity index is 680. The molecule has 8 nitrogen and oxygen atoms in total. The normalized spacial score (nSPS) is 20.8. The molecule has 2 aromatic heterocycles. The molecule has 0 bridgehead atoms. The van der Waals surface area contributed by atoms with Crippen LogP contribution in [-0.2, 0) is 18.3 Å². The number of nitrogens with one attached hydrogen (secondary N) is 2. The molecule has 1 fully saturated rings. The van der Waals surface area contributed by atoms with Gasteiger partial charge in [-0.25, -0.2) is 9.78 Å². The summed E-state index contributed by atoms with van der Waals surface area (Å²) in [5.41, 5.74) is 1.74. The van der Waals surface area contributed by atoms with E-state index in [-0.39, 0.29) is 18.2 Å². The van der Waals surface area contributed by atoms with Crippen LogP contribution in [-0.4, -0.2) is 38.0 Å². The van der Waals surface area contributed by atoms with Crippen molar-refractivity contribution in [2.75, 3.05) is 11.9 Å². The Morgan fingerprint density at radius 2 is 2.33 bits per heavy atom. The number of carbonyl (C=O) groups excluding carboxylic acids is 1. The molecule has 2 aromatic rings. The van der Waals surface area contributed by atoms with Gasteiger partial charge in [-0.15, -0.1) is 0 Å². The largest absolute Gasteiger partial charge is 0.372 e. The van der Waals surface area contributed by atoms with Crippen LogP contribution < -0.4 is 10.6 Å². The fourth-order valence-corrected chi connectivity index (χ4v) is 2.94. The predicted octanol–water partition coefficient (Wildman–Crippen LogP) is 2.07. The molecule has 0 aliphatic carbocycles. The first-order valence-electron chi connectivity index (χ1n) is 8.33. The zero-order valence-electron chi connectivity index (χ0n) is 14.1. The third-order valence-corrected chi connectivity index (χ3v) is 4.15. The molecule has 0 unspecified atom stereocenters. The van der Waals surface area contributed by atoms with Crippen molar-refractivity contribution in [2.45, 2.75) is 44.9 Å². The number of carbonyl (C=O) groups is 1. The van der Waals surface area contributed by atoms with E-state index in [1.807, 2.05) is 28.7 Å². The standard InChI is InChI=1S/C16H24N6O2/c1-3-5-22-10-13(8-18-22)20-16(23)19-12-4-6-24-15(7-12)14-9-17-11-21(14)2/h8-12,15H,3-7H2,1-2H3,(H2,19,20,23)/t12-,15+/m0/s1. The third kappa shape index (κ3) is 3.94. The van der Waals surface area contributed by atoms with Crippen molar-refractivity contribution in [3.05, 3.63) is 30.6 Å². The second kappa shape index (κ2) is 7.48. The molecular formula is C16H24N6O2. The molecule has 0 radical (unpaired) electrons. The van der Waals surface area contributed by atoms with Gasteiger partial charge in [0.1, 0.15) is 6.10 Å². The first kappa shape index (κ1) is 16.5. The number of amides is 2. The molecule has 0 aromatic carbocycles. The lowest BCUT2D eigenvalue weighted by molar-refractivity contribution is -0.00151. The van der Waals surface area contributed by atoms with Gasteiger partial charge in [0.2, 0.25) is 0 Å². The summed E-state index contributed by atoms with van der Waals surface area (Å²) in [6.45, 7) is 3.55. The Morgan fingerprint density at radius 1 is 1.46 bits per heavy atom. The van der Waals surface area contributed by atoms with Crippen LogP contribution in [0.15, 0.2) is 24.9 Å². The molecule has 0 saturated carbocycles. The fraction of sp³-hybridized carbons (Fsp3) is 0.562. The van der Waals surface area contributed by atoms with Gasteiger partial charge in [0.15, 0.2) is 0 Å². The lowest BCUT2D eigenvalue weighted by Crippen LogP contribution is -2.42. The summed E-state index contributed by atoms with van der Waals surface area (Å²) in [5, 5.41) is 10.1. The number of aryl methyl sites for hydroxylation is 2. The quantitative estimate of drug-likeness (QED) is 0.877. The van der Waals surface area contributed by atoms with E-state index >= 15 is 0 Å². The Labute approximate surface area is 141 Å². The minimum absolute atomic E-state index is 0.0381. The van der Waals surface area contributed by atoms with Gasteiger partial charge >= 0.3 is 6.03 Å². The molecular weight excluding hydrogens is 308 g/mol. The Kier molecular flexibility index (Phi) is 5.14. The van der Waals surface area contributed by atoms with Crippen molar-refractivity contribution in [1.82, 2.24) is 24.6 Å². The van der Waals surface area contributed by atoms with Crippen LogP contribution in [0.25, 0.3) is 0 Å². The molecule has 2 atom stereocenters. The van der Waals surface area contributed by atoms with Gasteiger partial charge in [0, 0.05) is 32.4 Å². The maximum absolute atomic E-state index is 12.2. The van der Waals surface area contributed by atoms with Gasteiger partial charge in [-0.05, 0) is 19.3 Å². The zero-order valence-corrected chi connectivity index (χ0v) is 14.1. The molecule has 2 N–H and O–H groups in total. The van der Waals surface area contributed by atoms with Crippen molar-refractivity contribution in [3.8, 4) is 0 Å². The highest BCUT2D eigenvalue weighted by Crippen LogP contribution is 2.27. The van der Waals surface area contributed by atoms with E-state index < -0.39 is 0 Å². The monoisotopic (exact) mass is 332 g/mol. The molecule has 3 rings (SSSR count). The summed E-state index contributed by atoms with van der Waals surface area (Å²) < 4.78 is 9.59. The summed E-state index contributed by atoms with van der Waals surface area (Å²) in [6, 6.07) is -0.133. The lowest BCUT2D eigenvalue weighted by Gasteiger charge is -2.30. The highest BCUT2D eigenvalue weighted by Gasteiger charge is 2.26. The number of anilines is 1. The smallest absolute Gasteiger partial charge is 0.319 e. The number of rotatable bonds is 5. The van der Waals surface area contributed by atoms with Crippen LogP contribution in [0.5, 0.6) is 0 Å². The van der Waals surface area contributed by atoms with E-state index in [9.17, 15) is 4.79 Å². The number of urea groups is 1. The van der Waals surface area contributed by atoms with Crippen molar-refractivity contribution in [3.63, 3.8) is 0 Å². The number of imidazole rings is 1. The second-order valence-electron chi connectivity index (χ2n) is 6.10. The second-order valence-corrected chi connectivity index (χ2v) is 6.10. The zero-order chi connectivity index (χ0) is 16.9. The van der Waals surface area contributed by atoms with Crippen molar-refractivity contribution in [1.29, 1.82) is 0 Å². The maximum atomic E-state index is 12.2. The summed E-state index contributed by atoms with van der Waals surface area (Å²) in [4.78, 5) is 16.3. The van der Waals surface area contributed by atoms with Crippen LogP contribution in [0.2, 0.25) is 0 Å². The Morgan fingerprint density at radius 3 is 3.08 bits per heavy atom. The first-order chi connectivity index (χ1) is 11.7. The molecule has 8 heteroatoms. The molecule has 130 valence electrons. The summed E-state index contributed by atoms with van der Waals surface area (Å²) in [6.07, 6.45) is 9.59. The lowest BCUT2D eigenvalue weighted by atomic mass is 10.0. The Balaban J connectivity index is 1.53. The van der Waals surface area contributed by atoms with Gasteiger partial charge < -0.3 is 19.9 Å². The van der Waals surface area contributed by atoms with E-state index in [0.29, 0.717) is 12.3 Å². The van der Waals surface area contributed by atoms with Gasteiger partial charge in [-0.3, -0.25) is 4.68 Å². The van der Waals surface area contributed by atoms with Crippen LogP contribution in [0, 0.1) is 0 Å². The molecule has 1 aliphatic rings. The van der Waals surface area contributed by atoms with Crippen LogP contribution >= 0.6 is 0 Å². The number of ether oxygens (including phenoxy) is 1. The number of hydrogen-bond acceptors (Lipinski definition) is 4. The number of nitrogens with zero attached hydrogens (tertiary/aromatic N) is 4. The minimum Gasteiger partial charge on any atom is -0.372 e. The maximum Gasteiger partial charge on any atom is 0.319 e. The molecule has 2 amide bonds. The number of hydrogen-bond donors (Lipinski definition) is 2.